The second-order valence-electron chi connectivity index (χ2n) is 4.71. The van der Waals surface area contributed by atoms with E-state index < -0.39 is 5.97 Å². The SMILES string of the molecule is COc1ccc(CNC(=O)COC(=O)c2ccc(I)cc2)cc1. The molecule has 0 bridgehead atoms. The monoisotopic (exact) mass is 425 g/mol. The summed E-state index contributed by atoms with van der Waals surface area (Å²) in [5.41, 5.74) is 1.36. The van der Waals surface area contributed by atoms with Crippen LogP contribution >= 0.6 is 22.6 Å². The smallest absolute Gasteiger partial charge is 0.338 e. The van der Waals surface area contributed by atoms with Gasteiger partial charge in [-0.1, -0.05) is 12.1 Å². The molecule has 6 heteroatoms. The van der Waals surface area contributed by atoms with E-state index in [0.717, 1.165) is 14.9 Å². The highest BCUT2D eigenvalue weighted by Crippen LogP contribution is 2.11. The maximum atomic E-state index is 11.8. The highest BCUT2D eigenvalue weighted by Gasteiger charge is 2.09. The van der Waals surface area contributed by atoms with E-state index in [1.54, 1.807) is 31.4 Å². The second kappa shape index (κ2) is 8.52. The summed E-state index contributed by atoms with van der Waals surface area (Å²) in [6, 6.07) is 14.3. The van der Waals surface area contributed by atoms with Crippen molar-refractivity contribution in [3.8, 4) is 5.75 Å². The molecule has 120 valence electrons. The lowest BCUT2D eigenvalue weighted by Gasteiger charge is -2.07. The molecule has 0 heterocycles. The van der Waals surface area contributed by atoms with Crippen LogP contribution in [0.1, 0.15) is 15.9 Å². The minimum Gasteiger partial charge on any atom is -0.497 e. The van der Waals surface area contributed by atoms with Gasteiger partial charge in [-0.25, -0.2) is 4.79 Å². The van der Waals surface area contributed by atoms with Crippen molar-refractivity contribution in [2.75, 3.05) is 13.7 Å². The number of halogens is 1. The molecule has 1 amide bonds. The molecule has 23 heavy (non-hydrogen) atoms. The van der Waals surface area contributed by atoms with E-state index in [1.807, 2.05) is 24.3 Å². The van der Waals surface area contributed by atoms with Crippen molar-refractivity contribution in [3.63, 3.8) is 0 Å². The first-order valence-electron chi connectivity index (χ1n) is 6.91. The van der Waals surface area contributed by atoms with Gasteiger partial charge >= 0.3 is 5.97 Å². The van der Waals surface area contributed by atoms with E-state index in [9.17, 15) is 9.59 Å². The maximum absolute atomic E-state index is 11.8. The van der Waals surface area contributed by atoms with Gasteiger partial charge in [0.05, 0.1) is 12.7 Å². The van der Waals surface area contributed by atoms with Crippen LogP contribution in [0.2, 0.25) is 0 Å². The molecule has 0 aliphatic heterocycles. The molecule has 0 aliphatic rings. The van der Waals surface area contributed by atoms with Crippen LogP contribution in [0, 0.1) is 3.57 Å². The van der Waals surface area contributed by atoms with E-state index in [1.165, 1.54) is 0 Å². The van der Waals surface area contributed by atoms with Crippen LogP contribution in [0.15, 0.2) is 48.5 Å². The zero-order valence-corrected chi connectivity index (χ0v) is 14.7. The zero-order valence-electron chi connectivity index (χ0n) is 12.5. The summed E-state index contributed by atoms with van der Waals surface area (Å²) in [5, 5.41) is 2.69. The molecule has 1 N–H and O–H groups in total. The normalized spacial score (nSPS) is 10.0. The largest absolute Gasteiger partial charge is 0.497 e. The number of hydrogen-bond donors (Lipinski definition) is 1. The van der Waals surface area contributed by atoms with Crippen LogP contribution in [0.5, 0.6) is 5.75 Å². The molecule has 2 aromatic carbocycles. The summed E-state index contributed by atoms with van der Waals surface area (Å²) in [7, 11) is 1.60. The summed E-state index contributed by atoms with van der Waals surface area (Å²) in [6.45, 7) is 0.0604. The predicted octanol–water partition coefficient (Wildman–Crippen LogP) is 2.77. The standard InChI is InChI=1S/C17H16INO4/c1-22-15-8-2-12(3-9-15)10-19-16(20)11-23-17(21)13-4-6-14(18)7-5-13/h2-9H,10-11H2,1H3,(H,19,20). The molecule has 0 aliphatic carbocycles. The van der Waals surface area contributed by atoms with Crippen molar-refractivity contribution in [2.45, 2.75) is 6.54 Å². The van der Waals surface area contributed by atoms with Crippen LogP contribution in [-0.4, -0.2) is 25.6 Å². The molecule has 0 atom stereocenters. The van der Waals surface area contributed by atoms with Gasteiger partial charge in [0.1, 0.15) is 5.75 Å². The molecular formula is C17H16INO4. The lowest BCUT2D eigenvalue weighted by molar-refractivity contribution is -0.124. The quantitative estimate of drug-likeness (QED) is 0.571. The summed E-state index contributed by atoms with van der Waals surface area (Å²) in [6.07, 6.45) is 0. The number of nitrogens with one attached hydrogen (secondary N) is 1. The Morgan fingerprint density at radius 1 is 1.04 bits per heavy atom. The molecule has 0 saturated carbocycles. The van der Waals surface area contributed by atoms with E-state index >= 15 is 0 Å². The third-order valence-electron chi connectivity index (χ3n) is 3.06. The number of methoxy groups -OCH3 is 1. The fraction of sp³-hybridized carbons (Fsp3) is 0.176. The van der Waals surface area contributed by atoms with Gasteiger partial charge in [-0.3, -0.25) is 4.79 Å². The van der Waals surface area contributed by atoms with Gasteiger partial charge in [-0.05, 0) is 64.6 Å². The first kappa shape index (κ1) is 17.3. The third kappa shape index (κ3) is 5.55. The van der Waals surface area contributed by atoms with Gasteiger partial charge in [0, 0.05) is 10.1 Å². The van der Waals surface area contributed by atoms with Crippen LogP contribution in [0.4, 0.5) is 0 Å². The van der Waals surface area contributed by atoms with Crippen LogP contribution < -0.4 is 10.1 Å². The molecule has 2 aromatic rings. The maximum Gasteiger partial charge on any atom is 0.338 e. The molecule has 0 radical (unpaired) electrons. The summed E-state index contributed by atoms with van der Waals surface area (Å²) in [4.78, 5) is 23.5. The molecule has 0 aromatic heterocycles. The van der Waals surface area contributed by atoms with Crippen LogP contribution in [0.25, 0.3) is 0 Å². The van der Waals surface area contributed by atoms with Crippen molar-refractivity contribution in [3.05, 3.63) is 63.2 Å². The number of ether oxygens (including phenoxy) is 2. The average molecular weight is 425 g/mol. The third-order valence-corrected chi connectivity index (χ3v) is 3.78. The number of hydrogen-bond acceptors (Lipinski definition) is 4. The Labute approximate surface area is 148 Å². The van der Waals surface area contributed by atoms with Crippen LogP contribution in [-0.2, 0) is 16.1 Å². The lowest BCUT2D eigenvalue weighted by Crippen LogP contribution is -2.28. The molecule has 0 saturated heterocycles. The van der Waals surface area contributed by atoms with E-state index in [4.69, 9.17) is 9.47 Å². The Kier molecular flexibility index (Phi) is 6.40. The van der Waals surface area contributed by atoms with Gasteiger partial charge in [-0.15, -0.1) is 0 Å². The molecule has 5 nitrogen and oxygen atoms in total. The van der Waals surface area contributed by atoms with Crippen molar-refractivity contribution in [2.24, 2.45) is 0 Å². The van der Waals surface area contributed by atoms with Gasteiger partial charge < -0.3 is 14.8 Å². The van der Waals surface area contributed by atoms with Gasteiger partial charge in [0.15, 0.2) is 6.61 Å². The number of carbonyl (C=O) groups is 2. The number of amides is 1. The number of carbonyl (C=O) groups excluding carboxylic acids is 2. The van der Waals surface area contributed by atoms with E-state index in [2.05, 4.69) is 27.9 Å². The molecule has 0 unspecified atom stereocenters. The first-order chi connectivity index (χ1) is 11.1. The predicted molar refractivity (Wildman–Crippen MR) is 94.3 cm³/mol. The molecule has 0 fully saturated rings. The second-order valence-corrected chi connectivity index (χ2v) is 5.95. The van der Waals surface area contributed by atoms with E-state index in [-0.39, 0.29) is 12.5 Å². The minimum atomic E-state index is -0.513. The Hall–Kier alpha value is -2.09. The molecule has 0 spiro atoms. The number of benzene rings is 2. The topological polar surface area (TPSA) is 64.6 Å². The van der Waals surface area contributed by atoms with Crippen LogP contribution in [0.3, 0.4) is 0 Å². The summed E-state index contributed by atoms with van der Waals surface area (Å²) < 4.78 is 11.1. The highest BCUT2D eigenvalue weighted by molar-refractivity contribution is 14.1. The average Bonchev–Trinajstić information content (AvgIpc) is 2.59. The Morgan fingerprint density at radius 2 is 1.70 bits per heavy atom. The minimum absolute atomic E-state index is 0.305. The fourth-order valence-corrected chi connectivity index (χ4v) is 2.16. The number of rotatable bonds is 6. The Bertz CT molecular complexity index is 668. The first-order valence-corrected chi connectivity index (χ1v) is 7.98. The van der Waals surface area contributed by atoms with Crippen molar-refractivity contribution >= 4 is 34.5 Å². The zero-order chi connectivity index (χ0) is 16.7. The Morgan fingerprint density at radius 3 is 2.30 bits per heavy atom. The lowest BCUT2D eigenvalue weighted by atomic mass is 10.2. The van der Waals surface area contributed by atoms with Gasteiger partial charge in [-0.2, -0.15) is 0 Å². The van der Waals surface area contributed by atoms with Gasteiger partial charge in [0.25, 0.3) is 5.91 Å². The number of esters is 1. The molecular weight excluding hydrogens is 409 g/mol. The fourth-order valence-electron chi connectivity index (χ4n) is 1.80. The highest BCUT2D eigenvalue weighted by atomic mass is 127. The summed E-state index contributed by atoms with van der Waals surface area (Å²) >= 11 is 2.15. The Balaban J connectivity index is 1.76. The van der Waals surface area contributed by atoms with Gasteiger partial charge in [0.2, 0.25) is 0 Å². The molecule has 2 rings (SSSR count). The van der Waals surface area contributed by atoms with Crippen molar-refractivity contribution in [1.29, 1.82) is 0 Å². The van der Waals surface area contributed by atoms with Crippen molar-refractivity contribution < 1.29 is 19.1 Å². The van der Waals surface area contributed by atoms with Crippen molar-refractivity contribution in [1.82, 2.24) is 5.32 Å². The summed E-state index contributed by atoms with van der Waals surface area (Å²) in [5.74, 6) is -0.104. The van der Waals surface area contributed by atoms with E-state index in [0.29, 0.717) is 12.1 Å².